The molecule has 0 saturated carbocycles. The first-order valence-corrected chi connectivity index (χ1v) is 14.8. The second kappa shape index (κ2) is 12.4. The third kappa shape index (κ3) is 7.55. The van der Waals surface area contributed by atoms with Gasteiger partial charge >= 0.3 is 12.1 Å². The Morgan fingerprint density at radius 1 is 0.763 bits per heavy atom. The van der Waals surface area contributed by atoms with Gasteiger partial charge in [-0.15, -0.1) is 0 Å². The largest absolute Gasteiger partial charge is 0.459 e. The van der Waals surface area contributed by atoms with Crippen LogP contribution in [0.15, 0.2) is 91.0 Å². The first kappa shape index (κ1) is 29.1. The van der Waals surface area contributed by atoms with Crippen LogP contribution in [-0.4, -0.2) is 38.6 Å². The number of rotatable bonds is 9. The van der Waals surface area contributed by atoms with E-state index in [1.54, 1.807) is 20.8 Å². The zero-order chi connectivity index (χ0) is 27.8. The molecule has 0 aromatic heterocycles. The van der Waals surface area contributed by atoms with E-state index in [0.29, 0.717) is 0 Å². The first-order valence-electron chi connectivity index (χ1n) is 12.9. The van der Waals surface area contributed by atoms with Gasteiger partial charge < -0.3 is 19.2 Å². The van der Waals surface area contributed by atoms with Crippen molar-refractivity contribution < 1.29 is 23.5 Å². The predicted molar refractivity (Wildman–Crippen MR) is 153 cm³/mol. The molecule has 0 saturated heterocycles. The summed E-state index contributed by atoms with van der Waals surface area (Å²) >= 11 is 0. The maximum absolute atomic E-state index is 13.3. The number of carbonyl (C=O) groups is 2. The molecule has 3 rings (SSSR count). The summed E-state index contributed by atoms with van der Waals surface area (Å²) in [6, 6.07) is 28.6. The molecule has 0 aliphatic heterocycles. The Bertz CT molecular complexity index is 1130. The minimum Gasteiger partial charge on any atom is -0.459 e. The monoisotopic (exact) mass is 533 g/mol. The van der Waals surface area contributed by atoms with Crippen LogP contribution in [0.5, 0.6) is 0 Å². The molecule has 0 bridgehead atoms. The molecule has 0 fully saturated rings. The fraction of sp³-hybridized carbons (Fsp3) is 0.355. The van der Waals surface area contributed by atoms with Crippen molar-refractivity contribution in [2.45, 2.75) is 64.8 Å². The highest BCUT2D eigenvalue weighted by Crippen LogP contribution is 2.36. The minimum atomic E-state index is -2.94. The highest BCUT2D eigenvalue weighted by atomic mass is 28.4. The molecule has 1 atom stereocenters. The van der Waals surface area contributed by atoms with Gasteiger partial charge in [0.1, 0.15) is 12.2 Å². The fourth-order valence-corrected chi connectivity index (χ4v) is 8.99. The summed E-state index contributed by atoms with van der Waals surface area (Å²) in [5.74, 6) is -0.586. The van der Waals surface area contributed by atoms with Gasteiger partial charge in [-0.1, -0.05) is 112 Å². The molecule has 3 aromatic carbocycles. The highest BCUT2D eigenvalue weighted by Gasteiger charge is 2.50. The van der Waals surface area contributed by atoms with Crippen molar-refractivity contribution in [2.75, 3.05) is 6.61 Å². The van der Waals surface area contributed by atoms with Crippen LogP contribution in [0.4, 0.5) is 4.79 Å². The van der Waals surface area contributed by atoms with Gasteiger partial charge in [-0.3, -0.25) is 0 Å². The van der Waals surface area contributed by atoms with Crippen LogP contribution in [0.2, 0.25) is 5.04 Å². The lowest BCUT2D eigenvalue weighted by Crippen LogP contribution is -2.67. The summed E-state index contributed by atoms with van der Waals surface area (Å²) in [5.41, 5.74) is 0.131. The standard InChI is InChI=1S/C31H39NO5Si/c1-30(2,3)37-29(34)32-27(28(33)35-22-24-16-10-7-11-17-24)23-36-38(31(4,5)6,25-18-12-8-13-19-25)26-20-14-9-15-21-26/h7-21,27H,22-23H2,1-6H3,(H,32,34)/t27-/m0/s1. The summed E-state index contributed by atoms with van der Waals surface area (Å²) in [4.78, 5) is 26.0. The molecule has 6 nitrogen and oxygen atoms in total. The number of carbonyl (C=O) groups excluding carboxylic acids is 2. The van der Waals surface area contributed by atoms with E-state index < -0.39 is 32.0 Å². The smallest absolute Gasteiger partial charge is 0.408 e. The SMILES string of the molecule is CC(C)(C)OC(=O)N[C@@H](CO[Si](c1ccccc1)(c1ccccc1)C(C)(C)C)C(=O)OCc1ccccc1. The number of alkyl carbamates (subject to hydrolysis) is 1. The molecule has 0 heterocycles. The molecular weight excluding hydrogens is 494 g/mol. The number of hydrogen-bond acceptors (Lipinski definition) is 5. The normalized spacial score (nSPS) is 12.9. The summed E-state index contributed by atoms with van der Waals surface area (Å²) in [6.07, 6.45) is -0.704. The van der Waals surface area contributed by atoms with E-state index in [4.69, 9.17) is 13.9 Å². The van der Waals surface area contributed by atoms with E-state index >= 15 is 0 Å². The molecule has 0 aliphatic carbocycles. The third-order valence-corrected chi connectivity index (χ3v) is 11.1. The van der Waals surface area contributed by atoms with E-state index in [9.17, 15) is 9.59 Å². The average molecular weight is 534 g/mol. The summed E-state index contributed by atoms with van der Waals surface area (Å²) < 4.78 is 18.0. The molecule has 0 radical (unpaired) electrons. The Labute approximate surface area is 227 Å². The number of benzene rings is 3. The molecular formula is C31H39NO5Si. The lowest BCUT2D eigenvalue weighted by atomic mass is 10.2. The van der Waals surface area contributed by atoms with Gasteiger partial charge in [0.25, 0.3) is 8.32 Å². The Morgan fingerprint density at radius 2 is 1.24 bits per heavy atom. The van der Waals surface area contributed by atoms with Crippen LogP contribution in [0, 0.1) is 0 Å². The molecule has 0 unspecified atom stereocenters. The van der Waals surface area contributed by atoms with E-state index in [1.807, 2.05) is 66.7 Å². The second-order valence-corrected chi connectivity index (χ2v) is 15.6. The number of amides is 1. The molecule has 1 N–H and O–H groups in total. The number of esters is 1. The number of hydrogen-bond donors (Lipinski definition) is 1. The van der Waals surface area contributed by atoms with Crippen molar-refractivity contribution in [2.24, 2.45) is 0 Å². The highest BCUT2D eigenvalue weighted by molar-refractivity contribution is 6.99. The Kier molecular flexibility index (Phi) is 9.52. The minimum absolute atomic E-state index is 0.0693. The molecule has 0 aliphatic rings. The van der Waals surface area contributed by atoms with Crippen LogP contribution >= 0.6 is 0 Å². The molecule has 3 aromatic rings. The van der Waals surface area contributed by atoms with Gasteiger partial charge in [-0.25, -0.2) is 9.59 Å². The van der Waals surface area contributed by atoms with Crippen LogP contribution in [0.3, 0.4) is 0 Å². The fourth-order valence-electron chi connectivity index (χ4n) is 4.42. The summed E-state index contributed by atoms with van der Waals surface area (Å²) in [5, 5.41) is 4.56. The molecule has 0 spiro atoms. The average Bonchev–Trinajstić information content (AvgIpc) is 2.87. The Hall–Kier alpha value is -3.42. The molecule has 38 heavy (non-hydrogen) atoms. The van der Waals surface area contributed by atoms with E-state index in [0.717, 1.165) is 15.9 Å². The van der Waals surface area contributed by atoms with Crippen LogP contribution in [0.1, 0.15) is 47.1 Å². The Morgan fingerprint density at radius 3 is 1.68 bits per heavy atom. The summed E-state index contributed by atoms with van der Waals surface area (Å²) in [7, 11) is -2.94. The van der Waals surface area contributed by atoms with Gasteiger partial charge in [-0.05, 0) is 41.7 Å². The van der Waals surface area contributed by atoms with Crippen molar-refractivity contribution >= 4 is 30.8 Å². The van der Waals surface area contributed by atoms with E-state index in [-0.39, 0.29) is 18.3 Å². The van der Waals surface area contributed by atoms with Crippen molar-refractivity contribution in [1.82, 2.24) is 5.32 Å². The maximum Gasteiger partial charge on any atom is 0.408 e. The van der Waals surface area contributed by atoms with Gasteiger partial charge in [0.2, 0.25) is 0 Å². The maximum atomic E-state index is 13.3. The summed E-state index contributed by atoms with van der Waals surface area (Å²) in [6.45, 7) is 11.8. The number of nitrogens with one attached hydrogen (secondary N) is 1. The topological polar surface area (TPSA) is 73.9 Å². The second-order valence-electron chi connectivity index (χ2n) is 11.3. The van der Waals surface area contributed by atoms with Crippen molar-refractivity contribution in [3.05, 3.63) is 96.6 Å². The van der Waals surface area contributed by atoms with Crippen LogP contribution in [-0.2, 0) is 25.3 Å². The van der Waals surface area contributed by atoms with Gasteiger partial charge in [0, 0.05) is 0 Å². The van der Waals surface area contributed by atoms with Crippen molar-refractivity contribution in [1.29, 1.82) is 0 Å². The lowest BCUT2D eigenvalue weighted by Gasteiger charge is -2.43. The van der Waals surface area contributed by atoms with E-state index in [2.05, 4.69) is 50.4 Å². The molecule has 1 amide bonds. The quantitative estimate of drug-likeness (QED) is 0.302. The third-order valence-electron chi connectivity index (χ3n) is 6.08. The van der Waals surface area contributed by atoms with Gasteiger partial charge in [0.15, 0.2) is 6.04 Å². The zero-order valence-electron chi connectivity index (χ0n) is 23.2. The molecule has 202 valence electrons. The van der Waals surface area contributed by atoms with Crippen molar-refractivity contribution in [3.63, 3.8) is 0 Å². The number of ether oxygens (including phenoxy) is 2. The first-order chi connectivity index (χ1) is 17.9. The van der Waals surface area contributed by atoms with Crippen LogP contribution in [0.25, 0.3) is 0 Å². The zero-order valence-corrected chi connectivity index (χ0v) is 24.2. The Balaban J connectivity index is 1.94. The van der Waals surface area contributed by atoms with Gasteiger partial charge in [-0.2, -0.15) is 0 Å². The predicted octanol–water partition coefficient (Wildman–Crippen LogP) is 5.20. The van der Waals surface area contributed by atoms with Crippen LogP contribution < -0.4 is 15.7 Å². The lowest BCUT2D eigenvalue weighted by molar-refractivity contribution is -0.148. The van der Waals surface area contributed by atoms with Gasteiger partial charge in [0.05, 0.1) is 6.61 Å². The van der Waals surface area contributed by atoms with E-state index in [1.165, 1.54) is 0 Å². The molecule has 7 heteroatoms. The van der Waals surface area contributed by atoms with Crippen molar-refractivity contribution in [3.8, 4) is 0 Å².